The number of aryl methyl sites for hydroxylation is 2. The summed E-state index contributed by atoms with van der Waals surface area (Å²) in [5.74, 6) is -0.273. The van der Waals surface area contributed by atoms with Crippen LogP contribution >= 0.6 is 0 Å². The van der Waals surface area contributed by atoms with Gasteiger partial charge in [0.25, 0.3) is 11.5 Å². The van der Waals surface area contributed by atoms with Gasteiger partial charge in [0.2, 0.25) is 15.7 Å². The first-order valence-electron chi connectivity index (χ1n) is 8.08. The molecule has 1 amide bonds. The number of aromatic nitrogens is 2. The number of carbonyl (C=O) groups is 1. The highest BCUT2D eigenvalue weighted by Crippen LogP contribution is 2.23. The minimum atomic E-state index is -3.38. The van der Waals surface area contributed by atoms with Crippen LogP contribution in [-0.2, 0) is 17.1 Å². The number of fused-ring (bicyclic) bond motifs is 1. The monoisotopic (exact) mass is 390 g/mol. The van der Waals surface area contributed by atoms with Gasteiger partial charge in [0.05, 0.1) is 11.3 Å². The van der Waals surface area contributed by atoms with Crippen LogP contribution in [0.15, 0.2) is 39.8 Å². The Bertz CT molecular complexity index is 1180. The number of hydrogen-bond donors (Lipinski definition) is 2. The first-order chi connectivity index (χ1) is 12.7. The fourth-order valence-corrected chi connectivity index (χ4v) is 3.17. The van der Waals surface area contributed by atoms with Crippen molar-refractivity contribution in [3.63, 3.8) is 0 Å². The molecule has 2 heterocycles. The third-order valence-electron chi connectivity index (χ3n) is 3.97. The van der Waals surface area contributed by atoms with E-state index in [4.69, 9.17) is 4.42 Å². The van der Waals surface area contributed by atoms with Gasteiger partial charge < -0.3 is 14.3 Å². The van der Waals surface area contributed by atoms with Crippen molar-refractivity contribution in [2.24, 2.45) is 7.05 Å². The highest BCUT2D eigenvalue weighted by Gasteiger charge is 2.22. The van der Waals surface area contributed by atoms with Crippen LogP contribution in [0.3, 0.4) is 0 Å². The van der Waals surface area contributed by atoms with Gasteiger partial charge in [-0.2, -0.15) is 0 Å². The predicted molar refractivity (Wildman–Crippen MR) is 101 cm³/mol. The Kier molecular flexibility index (Phi) is 4.75. The van der Waals surface area contributed by atoms with Crippen molar-refractivity contribution < 1.29 is 17.6 Å². The molecule has 0 saturated carbocycles. The van der Waals surface area contributed by atoms with Gasteiger partial charge in [-0.1, -0.05) is 0 Å². The molecule has 0 saturated heterocycles. The molecule has 3 aromatic rings. The first kappa shape index (κ1) is 18.6. The van der Waals surface area contributed by atoms with Gasteiger partial charge >= 0.3 is 0 Å². The second-order valence-electron chi connectivity index (χ2n) is 5.91. The van der Waals surface area contributed by atoms with Crippen molar-refractivity contribution in [2.75, 3.05) is 15.8 Å². The molecule has 0 bridgehead atoms. The van der Waals surface area contributed by atoms with Crippen LogP contribution in [0.25, 0.3) is 11.1 Å². The summed E-state index contributed by atoms with van der Waals surface area (Å²) in [5.41, 5.74) is 0.664. The predicted octanol–water partition coefficient (Wildman–Crippen LogP) is 1.85. The molecular weight excluding hydrogens is 372 g/mol. The molecular formula is C17H18N4O5S. The molecule has 2 aromatic heterocycles. The average Bonchev–Trinajstić information content (AvgIpc) is 2.96. The molecule has 0 fully saturated rings. The van der Waals surface area contributed by atoms with Gasteiger partial charge in [0, 0.05) is 18.4 Å². The first-order valence-corrected chi connectivity index (χ1v) is 9.73. The lowest BCUT2D eigenvalue weighted by molar-refractivity contribution is 0.102. The molecule has 0 unspecified atom stereocenters. The number of rotatable bonds is 5. The zero-order valence-electron chi connectivity index (χ0n) is 14.9. The van der Waals surface area contributed by atoms with Crippen molar-refractivity contribution in [1.82, 2.24) is 9.55 Å². The van der Waals surface area contributed by atoms with Crippen LogP contribution in [0, 0.1) is 6.92 Å². The Morgan fingerprint density at radius 2 is 1.85 bits per heavy atom. The number of furan rings is 1. The average molecular weight is 390 g/mol. The van der Waals surface area contributed by atoms with Gasteiger partial charge in [-0.05, 0) is 38.1 Å². The molecule has 3 rings (SSSR count). The lowest BCUT2D eigenvalue weighted by Crippen LogP contribution is -2.20. The summed E-state index contributed by atoms with van der Waals surface area (Å²) in [6, 6.07) is 6.17. The van der Waals surface area contributed by atoms with Gasteiger partial charge in [-0.15, -0.1) is 0 Å². The van der Waals surface area contributed by atoms with E-state index in [1.165, 1.54) is 37.0 Å². The van der Waals surface area contributed by atoms with Crippen molar-refractivity contribution in [2.45, 2.75) is 13.8 Å². The summed E-state index contributed by atoms with van der Waals surface area (Å²) in [5, 5.41) is 2.79. The highest BCUT2D eigenvalue weighted by atomic mass is 32.2. The maximum atomic E-state index is 12.7. The molecule has 0 atom stereocenters. The van der Waals surface area contributed by atoms with Crippen LogP contribution < -0.4 is 15.6 Å². The van der Waals surface area contributed by atoms with Gasteiger partial charge in [0.15, 0.2) is 0 Å². The second-order valence-corrected chi connectivity index (χ2v) is 7.92. The summed E-state index contributed by atoms with van der Waals surface area (Å²) in [6.07, 6.45) is 1.32. The van der Waals surface area contributed by atoms with Crippen LogP contribution in [0.2, 0.25) is 0 Å². The van der Waals surface area contributed by atoms with E-state index < -0.39 is 15.9 Å². The molecule has 0 aliphatic carbocycles. The Hall–Kier alpha value is -3.14. The SMILES string of the molecule is CCS(=O)(=O)Nc1ccc(NC(=O)c2c(C)oc3ncn(C)c(=O)c23)cc1. The van der Waals surface area contributed by atoms with Crippen LogP contribution in [-0.4, -0.2) is 29.6 Å². The molecule has 0 aliphatic heterocycles. The molecule has 2 N–H and O–H groups in total. The third-order valence-corrected chi connectivity index (χ3v) is 5.28. The fourth-order valence-electron chi connectivity index (χ4n) is 2.53. The molecule has 10 heteroatoms. The van der Waals surface area contributed by atoms with E-state index in [1.54, 1.807) is 19.1 Å². The van der Waals surface area contributed by atoms with Gasteiger partial charge in [-0.3, -0.25) is 14.3 Å². The number of nitrogens with one attached hydrogen (secondary N) is 2. The number of carbonyl (C=O) groups excluding carboxylic acids is 1. The molecule has 0 spiro atoms. The number of amides is 1. The topological polar surface area (TPSA) is 123 Å². The molecule has 0 aliphatic rings. The quantitative estimate of drug-likeness (QED) is 0.685. The normalized spacial score (nSPS) is 11.5. The Labute approximate surface area is 155 Å². The standard InChI is InChI=1S/C17H18N4O5S/c1-4-27(24,25)20-12-7-5-11(6-8-12)19-15(22)13-10(2)26-16-14(13)17(23)21(3)9-18-16/h5-9,20H,4H2,1-3H3,(H,19,22). The van der Waals surface area contributed by atoms with Gasteiger partial charge in [0.1, 0.15) is 17.5 Å². The Morgan fingerprint density at radius 1 is 1.22 bits per heavy atom. The highest BCUT2D eigenvalue weighted by molar-refractivity contribution is 7.92. The fraction of sp³-hybridized carbons (Fsp3) is 0.235. The summed E-state index contributed by atoms with van der Waals surface area (Å²) in [7, 11) is -1.84. The number of anilines is 2. The van der Waals surface area contributed by atoms with Crippen molar-refractivity contribution in [3.05, 3.63) is 52.3 Å². The van der Waals surface area contributed by atoms with Gasteiger partial charge in [-0.25, -0.2) is 13.4 Å². The lowest BCUT2D eigenvalue weighted by Gasteiger charge is -2.08. The molecule has 27 heavy (non-hydrogen) atoms. The smallest absolute Gasteiger partial charge is 0.265 e. The maximum Gasteiger partial charge on any atom is 0.265 e. The minimum Gasteiger partial charge on any atom is -0.442 e. The van der Waals surface area contributed by atoms with Crippen molar-refractivity contribution in [1.29, 1.82) is 0 Å². The van der Waals surface area contributed by atoms with Crippen molar-refractivity contribution >= 4 is 38.4 Å². The number of nitrogens with zero attached hydrogens (tertiary/aromatic N) is 2. The summed E-state index contributed by atoms with van der Waals surface area (Å²) < 4.78 is 32.3. The molecule has 142 valence electrons. The third kappa shape index (κ3) is 3.70. The lowest BCUT2D eigenvalue weighted by atomic mass is 10.1. The van der Waals surface area contributed by atoms with Crippen molar-refractivity contribution in [3.8, 4) is 0 Å². The van der Waals surface area contributed by atoms with E-state index >= 15 is 0 Å². The Morgan fingerprint density at radius 3 is 2.48 bits per heavy atom. The van der Waals surface area contributed by atoms with E-state index in [-0.39, 0.29) is 33.7 Å². The zero-order chi connectivity index (χ0) is 19.8. The zero-order valence-corrected chi connectivity index (χ0v) is 15.8. The van der Waals surface area contributed by atoms with E-state index in [9.17, 15) is 18.0 Å². The Balaban J connectivity index is 1.88. The maximum absolute atomic E-state index is 12.7. The summed E-state index contributed by atoms with van der Waals surface area (Å²) >= 11 is 0. The molecule has 1 aromatic carbocycles. The summed E-state index contributed by atoms with van der Waals surface area (Å²) in [6.45, 7) is 3.12. The molecule has 0 radical (unpaired) electrons. The molecule has 9 nitrogen and oxygen atoms in total. The van der Waals surface area contributed by atoms with E-state index in [0.717, 1.165) is 0 Å². The van der Waals surface area contributed by atoms with E-state index in [1.807, 2.05) is 0 Å². The number of hydrogen-bond acceptors (Lipinski definition) is 6. The van der Waals surface area contributed by atoms with E-state index in [0.29, 0.717) is 11.4 Å². The van der Waals surface area contributed by atoms with Crippen LogP contribution in [0.5, 0.6) is 0 Å². The van der Waals surface area contributed by atoms with Crippen LogP contribution in [0.4, 0.5) is 11.4 Å². The number of benzene rings is 1. The minimum absolute atomic E-state index is 0.0404. The van der Waals surface area contributed by atoms with Crippen LogP contribution in [0.1, 0.15) is 23.0 Å². The summed E-state index contributed by atoms with van der Waals surface area (Å²) in [4.78, 5) is 29.0. The number of sulfonamides is 1. The largest absolute Gasteiger partial charge is 0.442 e. The second kappa shape index (κ2) is 6.88. The van der Waals surface area contributed by atoms with E-state index in [2.05, 4.69) is 15.0 Å².